The van der Waals surface area contributed by atoms with E-state index in [0.29, 0.717) is 40.6 Å². The van der Waals surface area contributed by atoms with Crippen LogP contribution in [-0.2, 0) is 0 Å². The fourth-order valence-corrected chi connectivity index (χ4v) is 4.53. The molecule has 8 heteroatoms. The third-order valence-corrected chi connectivity index (χ3v) is 6.37. The van der Waals surface area contributed by atoms with Crippen molar-refractivity contribution in [1.29, 1.82) is 0 Å². The molecule has 3 aromatic rings. The molecule has 1 aliphatic heterocycles. The lowest BCUT2D eigenvalue weighted by molar-refractivity contribution is 0.112. The molecule has 2 fully saturated rings. The van der Waals surface area contributed by atoms with Gasteiger partial charge in [-0.25, -0.2) is 14.4 Å². The number of nitrogens with zero attached hydrogens (tertiary/aromatic N) is 4. The Morgan fingerprint density at radius 2 is 2.00 bits per heavy atom. The normalized spacial score (nSPS) is 18.3. The first-order valence-corrected chi connectivity index (χ1v) is 11.1. The van der Waals surface area contributed by atoms with Gasteiger partial charge in [0.05, 0.1) is 11.4 Å². The van der Waals surface area contributed by atoms with E-state index in [9.17, 15) is 9.18 Å². The van der Waals surface area contributed by atoms with Crippen molar-refractivity contribution >= 4 is 28.9 Å². The number of nitrogens with one attached hydrogen (secondary N) is 1. The standard InChI is InChI=1S/C24H26FN5O2/c1-14-27-23-18(25)11-16(12-22(23)32-14)19-5-6-20(21(13-31)28-19)29-24(26-2)15-7-9-30(10-8-15)17-3-4-17/h5-6,11-13,15,17H,3-4,7-10H2,1-2H3,(H,26,29). The third-order valence-electron chi connectivity index (χ3n) is 6.37. The number of rotatable bonds is 5. The number of carbonyl (C=O) groups is 1. The van der Waals surface area contributed by atoms with Crippen molar-refractivity contribution in [2.75, 3.05) is 25.5 Å². The fourth-order valence-electron chi connectivity index (χ4n) is 4.53. The molecule has 32 heavy (non-hydrogen) atoms. The van der Waals surface area contributed by atoms with E-state index in [1.54, 1.807) is 32.2 Å². The Morgan fingerprint density at radius 3 is 2.69 bits per heavy atom. The monoisotopic (exact) mass is 435 g/mol. The van der Waals surface area contributed by atoms with E-state index in [2.05, 4.69) is 25.2 Å². The third kappa shape index (κ3) is 4.02. The van der Waals surface area contributed by atoms with E-state index < -0.39 is 5.82 Å². The number of hydrogen-bond donors (Lipinski definition) is 1. The highest BCUT2D eigenvalue weighted by Gasteiger charge is 2.33. The van der Waals surface area contributed by atoms with Gasteiger partial charge in [0.25, 0.3) is 0 Å². The molecule has 7 nitrogen and oxygen atoms in total. The van der Waals surface area contributed by atoms with Crippen LogP contribution in [-0.4, -0.2) is 53.2 Å². The zero-order valence-electron chi connectivity index (χ0n) is 18.3. The van der Waals surface area contributed by atoms with E-state index >= 15 is 0 Å². The van der Waals surface area contributed by atoms with Crippen LogP contribution >= 0.6 is 0 Å². The van der Waals surface area contributed by atoms with Gasteiger partial charge in [0.2, 0.25) is 0 Å². The summed E-state index contributed by atoms with van der Waals surface area (Å²) < 4.78 is 19.9. The summed E-state index contributed by atoms with van der Waals surface area (Å²) in [5, 5.41) is 3.34. The van der Waals surface area contributed by atoms with Crippen molar-refractivity contribution in [2.24, 2.45) is 10.9 Å². The number of amidine groups is 1. The van der Waals surface area contributed by atoms with E-state index in [0.717, 1.165) is 37.8 Å². The van der Waals surface area contributed by atoms with Gasteiger partial charge in [-0.15, -0.1) is 0 Å². The molecule has 3 heterocycles. The lowest BCUT2D eigenvalue weighted by atomic mass is 9.95. The van der Waals surface area contributed by atoms with Crippen molar-refractivity contribution in [1.82, 2.24) is 14.9 Å². The summed E-state index contributed by atoms with van der Waals surface area (Å²) in [4.78, 5) is 27.4. The van der Waals surface area contributed by atoms with Gasteiger partial charge in [0, 0.05) is 31.5 Å². The van der Waals surface area contributed by atoms with Crippen LogP contribution in [0, 0.1) is 18.7 Å². The number of aromatic nitrogens is 2. The molecular weight excluding hydrogens is 409 g/mol. The minimum absolute atomic E-state index is 0.191. The molecule has 1 N–H and O–H groups in total. The van der Waals surface area contributed by atoms with Crippen LogP contribution in [0.2, 0.25) is 0 Å². The Labute approximate surface area is 185 Å². The molecule has 2 aliphatic rings. The number of fused-ring (bicyclic) bond motifs is 1. The second-order valence-electron chi connectivity index (χ2n) is 8.56. The molecule has 0 atom stereocenters. The molecule has 166 valence electrons. The van der Waals surface area contributed by atoms with Crippen LogP contribution in [0.5, 0.6) is 0 Å². The number of aldehydes is 1. The number of anilines is 1. The number of likely N-dealkylation sites (tertiary alicyclic amines) is 1. The average molecular weight is 436 g/mol. The lowest BCUT2D eigenvalue weighted by Crippen LogP contribution is -2.39. The quantitative estimate of drug-likeness (QED) is 0.362. The van der Waals surface area contributed by atoms with Crippen LogP contribution < -0.4 is 5.32 Å². The number of aliphatic imine (C=N–C) groups is 1. The topological polar surface area (TPSA) is 83.6 Å². The molecule has 5 rings (SSSR count). The van der Waals surface area contributed by atoms with E-state index in [-0.39, 0.29) is 11.2 Å². The fraction of sp³-hybridized carbons (Fsp3) is 0.417. The molecule has 0 bridgehead atoms. The summed E-state index contributed by atoms with van der Waals surface area (Å²) >= 11 is 0. The van der Waals surface area contributed by atoms with Gasteiger partial charge in [0.15, 0.2) is 23.6 Å². The van der Waals surface area contributed by atoms with Gasteiger partial charge in [-0.3, -0.25) is 9.79 Å². The second-order valence-corrected chi connectivity index (χ2v) is 8.56. The van der Waals surface area contributed by atoms with Crippen LogP contribution in [0.15, 0.2) is 33.7 Å². The molecular formula is C24H26FN5O2. The summed E-state index contributed by atoms with van der Waals surface area (Å²) in [6, 6.07) is 7.40. The Bertz CT molecular complexity index is 1190. The average Bonchev–Trinajstić information content (AvgIpc) is 3.58. The molecule has 0 spiro atoms. The summed E-state index contributed by atoms with van der Waals surface area (Å²) in [6.45, 7) is 3.84. The van der Waals surface area contributed by atoms with Crippen molar-refractivity contribution in [3.05, 3.63) is 41.7 Å². The molecule has 1 aromatic carbocycles. The second kappa shape index (κ2) is 8.43. The summed E-state index contributed by atoms with van der Waals surface area (Å²) in [7, 11) is 1.77. The van der Waals surface area contributed by atoms with Crippen molar-refractivity contribution < 1.29 is 13.6 Å². The van der Waals surface area contributed by atoms with Gasteiger partial charge in [-0.1, -0.05) is 0 Å². The zero-order valence-corrected chi connectivity index (χ0v) is 18.3. The first-order valence-electron chi connectivity index (χ1n) is 11.1. The SMILES string of the molecule is CN=C(Nc1ccc(-c2cc(F)c3nc(C)oc3c2)nc1C=O)C1CCN(C2CC2)CC1. The first kappa shape index (κ1) is 20.8. The Balaban J connectivity index is 1.37. The maximum Gasteiger partial charge on any atom is 0.192 e. The number of piperidine rings is 1. The highest BCUT2D eigenvalue weighted by molar-refractivity contribution is 6.00. The molecule has 2 aromatic heterocycles. The minimum atomic E-state index is -0.482. The van der Waals surface area contributed by atoms with Crippen LogP contribution in [0.1, 0.15) is 42.1 Å². The predicted molar refractivity (Wildman–Crippen MR) is 122 cm³/mol. The van der Waals surface area contributed by atoms with Gasteiger partial charge in [-0.05, 0) is 63.0 Å². The Kier molecular flexibility index (Phi) is 5.46. The molecule has 0 radical (unpaired) electrons. The predicted octanol–water partition coefficient (Wildman–Crippen LogP) is 4.46. The maximum absolute atomic E-state index is 14.5. The minimum Gasteiger partial charge on any atom is -0.441 e. The van der Waals surface area contributed by atoms with E-state index in [1.165, 1.54) is 18.9 Å². The number of hydrogen-bond acceptors (Lipinski definition) is 6. The summed E-state index contributed by atoms with van der Waals surface area (Å²) in [6.07, 6.45) is 5.46. The van der Waals surface area contributed by atoms with Gasteiger partial charge in [-0.2, -0.15) is 0 Å². The highest BCUT2D eigenvalue weighted by Crippen LogP contribution is 2.32. The number of pyridine rings is 1. The molecule has 1 saturated heterocycles. The smallest absolute Gasteiger partial charge is 0.192 e. The van der Waals surface area contributed by atoms with Crippen LogP contribution in [0.3, 0.4) is 0 Å². The number of aryl methyl sites for hydroxylation is 1. The van der Waals surface area contributed by atoms with Gasteiger partial charge >= 0.3 is 0 Å². The zero-order chi connectivity index (χ0) is 22.2. The van der Waals surface area contributed by atoms with Crippen molar-refractivity contribution in [2.45, 2.75) is 38.6 Å². The maximum atomic E-state index is 14.5. The highest BCUT2D eigenvalue weighted by atomic mass is 19.1. The number of carbonyl (C=O) groups excluding carboxylic acids is 1. The Hall–Kier alpha value is -3.13. The van der Waals surface area contributed by atoms with Crippen molar-refractivity contribution in [3.63, 3.8) is 0 Å². The van der Waals surface area contributed by atoms with E-state index in [4.69, 9.17) is 4.42 Å². The molecule has 1 saturated carbocycles. The van der Waals surface area contributed by atoms with Gasteiger partial charge in [0.1, 0.15) is 17.0 Å². The Morgan fingerprint density at radius 1 is 1.22 bits per heavy atom. The largest absolute Gasteiger partial charge is 0.441 e. The molecule has 0 unspecified atom stereocenters. The van der Waals surface area contributed by atoms with E-state index in [1.807, 2.05) is 0 Å². The van der Waals surface area contributed by atoms with Crippen LogP contribution in [0.4, 0.5) is 10.1 Å². The number of halogens is 1. The number of oxazole rings is 1. The van der Waals surface area contributed by atoms with Gasteiger partial charge < -0.3 is 14.6 Å². The molecule has 0 amide bonds. The lowest BCUT2D eigenvalue weighted by Gasteiger charge is -2.32. The molecule has 1 aliphatic carbocycles. The summed E-state index contributed by atoms with van der Waals surface area (Å²) in [5.74, 6) is 1.12. The van der Waals surface area contributed by atoms with Crippen molar-refractivity contribution in [3.8, 4) is 11.3 Å². The first-order chi connectivity index (χ1) is 15.6. The van der Waals surface area contributed by atoms with Crippen LogP contribution in [0.25, 0.3) is 22.4 Å². The number of benzene rings is 1. The summed E-state index contributed by atoms with van der Waals surface area (Å²) in [5.41, 5.74) is 2.42.